The topological polar surface area (TPSA) is 59.0 Å². The maximum absolute atomic E-state index is 12.6. The summed E-state index contributed by atoms with van der Waals surface area (Å²) in [4.78, 5) is 25.3. The first-order valence-corrected chi connectivity index (χ1v) is 7.94. The van der Waals surface area contributed by atoms with Crippen molar-refractivity contribution in [2.24, 2.45) is 28.8 Å². The van der Waals surface area contributed by atoms with Crippen LogP contribution in [0.2, 0.25) is 0 Å². The predicted octanol–water partition coefficient (Wildman–Crippen LogP) is 2.23. The molecule has 0 radical (unpaired) electrons. The molecule has 5 rings (SSSR count). The summed E-state index contributed by atoms with van der Waals surface area (Å²) in [6, 6.07) is 7.38. The van der Waals surface area contributed by atoms with E-state index < -0.39 is 0 Å². The van der Waals surface area contributed by atoms with E-state index in [1.807, 2.05) is 24.3 Å². The first-order chi connectivity index (χ1) is 11.2. The molecule has 3 aliphatic carbocycles. The molecule has 23 heavy (non-hydrogen) atoms. The fourth-order valence-electron chi connectivity index (χ4n) is 4.07. The number of imide groups is 1. The van der Waals surface area contributed by atoms with Gasteiger partial charge in [0, 0.05) is 5.56 Å². The van der Waals surface area contributed by atoms with Gasteiger partial charge in [-0.25, -0.2) is 0 Å². The molecule has 4 atom stereocenters. The summed E-state index contributed by atoms with van der Waals surface area (Å²) >= 11 is 0. The number of amides is 2. The maximum Gasteiger partial charge on any atom is 0.254 e. The van der Waals surface area contributed by atoms with Gasteiger partial charge in [0.2, 0.25) is 0 Å². The number of ether oxygens (including phenoxy) is 1. The van der Waals surface area contributed by atoms with Crippen LogP contribution >= 0.6 is 0 Å². The van der Waals surface area contributed by atoms with E-state index in [2.05, 4.69) is 17.3 Å². The molecule has 0 aromatic heterocycles. The van der Waals surface area contributed by atoms with E-state index in [4.69, 9.17) is 4.74 Å². The van der Waals surface area contributed by atoms with Gasteiger partial charge in [0.25, 0.3) is 11.8 Å². The van der Waals surface area contributed by atoms with Crippen LogP contribution in [0.3, 0.4) is 0 Å². The monoisotopic (exact) mass is 310 g/mol. The van der Waals surface area contributed by atoms with Gasteiger partial charge in [-0.2, -0.15) is 10.1 Å². The van der Waals surface area contributed by atoms with Crippen LogP contribution in [0.1, 0.15) is 18.4 Å². The molecular weight excluding hydrogens is 292 g/mol. The van der Waals surface area contributed by atoms with E-state index in [0.29, 0.717) is 5.75 Å². The minimum atomic E-state index is -0.221. The fraction of sp³-hybridized carbons (Fsp3) is 0.389. The second-order valence-corrected chi connectivity index (χ2v) is 6.32. The van der Waals surface area contributed by atoms with Gasteiger partial charge in [-0.3, -0.25) is 9.59 Å². The molecule has 1 heterocycles. The molecule has 0 spiro atoms. The molecule has 5 nitrogen and oxygen atoms in total. The molecule has 4 aliphatic rings. The zero-order valence-electron chi connectivity index (χ0n) is 12.9. The number of nitrogens with zero attached hydrogens (tertiary/aromatic N) is 2. The molecule has 2 fully saturated rings. The Labute approximate surface area is 134 Å². The second kappa shape index (κ2) is 5.33. The number of fused-ring (bicyclic) bond motifs is 1. The van der Waals surface area contributed by atoms with E-state index in [-0.39, 0.29) is 35.5 Å². The molecule has 0 N–H and O–H groups in total. The third kappa shape index (κ3) is 2.11. The first-order valence-electron chi connectivity index (χ1n) is 7.94. The predicted molar refractivity (Wildman–Crippen MR) is 84.8 cm³/mol. The molecule has 1 aromatic carbocycles. The number of rotatable bonds is 3. The minimum absolute atomic E-state index is 0.162. The third-order valence-corrected chi connectivity index (χ3v) is 5.19. The van der Waals surface area contributed by atoms with Crippen molar-refractivity contribution in [1.82, 2.24) is 5.01 Å². The highest BCUT2D eigenvalue weighted by molar-refractivity contribution is 6.06. The lowest BCUT2D eigenvalue weighted by Gasteiger charge is -2.37. The van der Waals surface area contributed by atoms with Crippen molar-refractivity contribution in [2.75, 3.05) is 7.11 Å². The Morgan fingerprint density at radius 2 is 1.70 bits per heavy atom. The number of methoxy groups -OCH3 is 1. The summed E-state index contributed by atoms with van der Waals surface area (Å²) in [6.45, 7) is 0. The Morgan fingerprint density at radius 1 is 1.09 bits per heavy atom. The van der Waals surface area contributed by atoms with E-state index in [1.54, 1.807) is 7.11 Å². The van der Waals surface area contributed by atoms with Crippen LogP contribution < -0.4 is 4.74 Å². The summed E-state index contributed by atoms with van der Waals surface area (Å²) in [5.74, 6) is 0.271. The molecule has 2 bridgehead atoms. The van der Waals surface area contributed by atoms with Crippen LogP contribution in [0, 0.1) is 23.7 Å². The smallest absolute Gasteiger partial charge is 0.254 e. The second-order valence-electron chi connectivity index (χ2n) is 6.32. The van der Waals surface area contributed by atoms with Gasteiger partial charge in [-0.15, -0.1) is 0 Å². The van der Waals surface area contributed by atoms with E-state index in [0.717, 1.165) is 23.4 Å². The first kappa shape index (κ1) is 14.2. The molecular formula is C18H18N2O3. The number of carbonyl (C=O) groups is 2. The summed E-state index contributed by atoms with van der Waals surface area (Å²) in [7, 11) is 1.58. The number of carbonyl (C=O) groups excluding carboxylic acids is 2. The number of hydrogen-bond acceptors (Lipinski definition) is 4. The Morgan fingerprint density at radius 3 is 2.26 bits per heavy atom. The average molecular weight is 310 g/mol. The van der Waals surface area contributed by atoms with E-state index >= 15 is 0 Å². The van der Waals surface area contributed by atoms with Gasteiger partial charge in [0.05, 0.1) is 25.2 Å². The molecule has 2 amide bonds. The lowest BCUT2D eigenvalue weighted by atomic mass is 9.63. The van der Waals surface area contributed by atoms with Crippen molar-refractivity contribution in [3.8, 4) is 5.75 Å². The van der Waals surface area contributed by atoms with Crippen molar-refractivity contribution in [3.05, 3.63) is 42.0 Å². The van der Waals surface area contributed by atoms with Crippen LogP contribution in [0.15, 0.2) is 41.5 Å². The van der Waals surface area contributed by atoms with Crippen molar-refractivity contribution < 1.29 is 14.3 Å². The van der Waals surface area contributed by atoms with Crippen molar-refractivity contribution in [3.63, 3.8) is 0 Å². The Hall–Kier alpha value is -2.43. The summed E-state index contributed by atoms with van der Waals surface area (Å²) in [6.07, 6.45) is 7.72. The largest absolute Gasteiger partial charge is 0.496 e. The molecule has 118 valence electrons. The summed E-state index contributed by atoms with van der Waals surface area (Å²) < 4.78 is 5.26. The molecule has 1 aromatic rings. The van der Waals surface area contributed by atoms with Gasteiger partial charge in [0.1, 0.15) is 5.75 Å². The van der Waals surface area contributed by atoms with Gasteiger partial charge in [-0.05, 0) is 36.8 Å². The zero-order chi connectivity index (χ0) is 16.0. The Balaban J connectivity index is 1.62. The minimum Gasteiger partial charge on any atom is -0.496 e. The number of allylic oxidation sites excluding steroid dienone is 2. The SMILES string of the molecule is COc1ccccc1/C=N\N1C(=O)[C@@H]2[C@@H](C1=O)[C@H]1C=C[C@@H]2CC1. The lowest BCUT2D eigenvalue weighted by molar-refractivity contribution is -0.140. The van der Waals surface area contributed by atoms with Crippen molar-refractivity contribution >= 4 is 18.0 Å². The highest BCUT2D eigenvalue weighted by Crippen LogP contribution is 2.49. The van der Waals surface area contributed by atoms with Gasteiger partial charge in [-0.1, -0.05) is 24.3 Å². The summed E-state index contributed by atoms with van der Waals surface area (Å²) in [5, 5.41) is 5.26. The number of benzene rings is 1. The van der Waals surface area contributed by atoms with Crippen molar-refractivity contribution in [1.29, 1.82) is 0 Å². The quantitative estimate of drug-likeness (QED) is 0.489. The molecule has 1 saturated carbocycles. The average Bonchev–Trinajstić information content (AvgIpc) is 2.87. The maximum atomic E-state index is 12.6. The van der Waals surface area contributed by atoms with E-state index in [1.165, 1.54) is 6.21 Å². The highest BCUT2D eigenvalue weighted by atomic mass is 16.5. The van der Waals surface area contributed by atoms with Gasteiger partial charge < -0.3 is 4.74 Å². The van der Waals surface area contributed by atoms with Gasteiger partial charge >= 0.3 is 0 Å². The zero-order valence-corrected chi connectivity index (χ0v) is 12.9. The number of para-hydroxylation sites is 1. The summed E-state index contributed by atoms with van der Waals surface area (Å²) in [5.41, 5.74) is 0.742. The Bertz CT molecular complexity index is 693. The molecule has 0 unspecified atom stereocenters. The normalized spacial score (nSPS) is 32.0. The molecule has 1 aliphatic heterocycles. The van der Waals surface area contributed by atoms with Crippen LogP contribution in [0.25, 0.3) is 0 Å². The van der Waals surface area contributed by atoms with Crippen LogP contribution in [-0.4, -0.2) is 30.1 Å². The van der Waals surface area contributed by atoms with Crippen LogP contribution in [0.4, 0.5) is 0 Å². The van der Waals surface area contributed by atoms with E-state index in [9.17, 15) is 9.59 Å². The molecule has 5 heteroatoms. The van der Waals surface area contributed by atoms with Crippen LogP contribution in [0.5, 0.6) is 5.75 Å². The van der Waals surface area contributed by atoms with Crippen LogP contribution in [-0.2, 0) is 9.59 Å². The number of hydrazone groups is 1. The number of hydrogen-bond donors (Lipinski definition) is 0. The van der Waals surface area contributed by atoms with Gasteiger partial charge in [0.15, 0.2) is 0 Å². The molecule has 1 saturated heterocycles. The van der Waals surface area contributed by atoms with Crippen molar-refractivity contribution in [2.45, 2.75) is 12.8 Å². The Kier molecular flexibility index (Phi) is 3.29. The standard InChI is InChI=1S/C18H18N2O3/c1-23-14-5-3-2-4-13(14)10-19-20-17(21)15-11-6-7-12(9-8-11)16(15)18(20)22/h2-7,10-12,15-16H,8-9H2,1H3/b19-10-/t11-,12+,15-,16-/m0/s1. The lowest BCUT2D eigenvalue weighted by Crippen LogP contribution is -2.38. The fourth-order valence-corrected chi connectivity index (χ4v) is 4.07. The highest BCUT2D eigenvalue weighted by Gasteiger charge is 2.56. The third-order valence-electron chi connectivity index (χ3n) is 5.19.